The molecular formula is C24H20Br2Se2. The molecule has 0 heterocycles. The van der Waals surface area contributed by atoms with Gasteiger partial charge in [-0.2, -0.15) is 0 Å². The average molecular weight is 626 g/mol. The second-order valence-corrected chi connectivity index (χ2v) is 7.58. The normalized spacial score (nSPS) is 9.43. The van der Waals surface area contributed by atoms with E-state index in [-0.39, 0.29) is 0 Å². The Morgan fingerprint density at radius 1 is 0.357 bits per heavy atom. The van der Waals surface area contributed by atoms with Crippen LogP contribution in [0.25, 0.3) is 22.3 Å². The van der Waals surface area contributed by atoms with Gasteiger partial charge in [-0.1, -0.05) is 117 Å². The first-order valence-electron chi connectivity index (χ1n) is 8.54. The van der Waals surface area contributed by atoms with Crippen LogP contribution in [0, 0.1) is 0 Å². The zero-order valence-electron chi connectivity index (χ0n) is 15.0. The monoisotopic (exact) mass is 626 g/mol. The van der Waals surface area contributed by atoms with Gasteiger partial charge in [0.15, 0.2) is 0 Å². The van der Waals surface area contributed by atoms with Gasteiger partial charge in [0.25, 0.3) is 0 Å². The van der Waals surface area contributed by atoms with E-state index in [9.17, 15) is 0 Å². The van der Waals surface area contributed by atoms with Crippen LogP contribution < -0.4 is 0 Å². The molecule has 142 valence electrons. The molecule has 4 aromatic carbocycles. The van der Waals surface area contributed by atoms with E-state index < -0.39 is 0 Å². The van der Waals surface area contributed by atoms with Crippen molar-refractivity contribution in [2.24, 2.45) is 0 Å². The van der Waals surface area contributed by atoms with Crippen LogP contribution in [0.3, 0.4) is 0 Å². The van der Waals surface area contributed by atoms with Gasteiger partial charge < -0.3 is 0 Å². The molecule has 4 rings (SSSR count). The number of hydrogen-bond acceptors (Lipinski definition) is 0. The Morgan fingerprint density at radius 3 is 0.893 bits per heavy atom. The maximum absolute atomic E-state index is 3.42. The molecule has 0 N–H and O–H groups in total. The van der Waals surface area contributed by atoms with Crippen LogP contribution in [-0.4, -0.2) is 28.4 Å². The summed E-state index contributed by atoms with van der Waals surface area (Å²) in [6.07, 6.45) is 0. The van der Waals surface area contributed by atoms with Gasteiger partial charge >= 0.3 is 28.4 Å². The third-order valence-corrected chi connectivity index (χ3v) is 4.96. The second kappa shape index (κ2) is 13.2. The van der Waals surface area contributed by atoms with Gasteiger partial charge in [0.05, 0.1) is 0 Å². The van der Waals surface area contributed by atoms with Crippen LogP contribution in [0.4, 0.5) is 0 Å². The van der Waals surface area contributed by atoms with Gasteiger partial charge in [0.2, 0.25) is 0 Å². The molecule has 0 saturated heterocycles. The molecule has 0 nitrogen and oxygen atoms in total. The van der Waals surface area contributed by atoms with Crippen molar-refractivity contribution in [1.82, 2.24) is 0 Å². The molecule has 0 amide bonds. The zero-order valence-corrected chi connectivity index (χ0v) is 22.0. The predicted octanol–water partition coefficient (Wildman–Crippen LogP) is 6.94. The second-order valence-electron chi connectivity index (χ2n) is 5.75. The molecule has 4 aromatic rings. The fourth-order valence-electron chi connectivity index (χ4n) is 2.55. The van der Waals surface area contributed by atoms with Crippen LogP contribution in [0.15, 0.2) is 118 Å². The molecule has 0 aromatic heterocycles. The van der Waals surface area contributed by atoms with Gasteiger partial charge in [0.1, 0.15) is 0 Å². The van der Waals surface area contributed by atoms with Crippen LogP contribution in [0.5, 0.6) is 0 Å². The van der Waals surface area contributed by atoms with E-state index in [0.717, 1.165) is 8.95 Å². The molecule has 0 atom stereocenters. The fourth-order valence-corrected chi connectivity index (χ4v) is 3.07. The minimum absolute atomic E-state index is 1.12. The quantitative estimate of drug-likeness (QED) is 0.212. The van der Waals surface area contributed by atoms with E-state index in [1.54, 1.807) is 0 Å². The third kappa shape index (κ3) is 7.72. The Bertz CT molecular complexity index is 843. The van der Waals surface area contributed by atoms with Gasteiger partial charge in [-0.3, -0.25) is 0 Å². The van der Waals surface area contributed by atoms with Gasteiger partial charge in [-0.05, 0) is 46.5 Å². The van der Waals surface area contributed by atoms with Crippen molar-refractivity contribution < 1.29 is 0 Å². The van der Waals surface area contributed by atoms with Crippen molar-refractivity contribution >= 4 is 60.2 Å². The summed E-state index contributed by atoms with van der Waals surface area (Å²) in [6, 6.07) is 37.4. The standard InChI is InChI=1S/2C12H9Br.H2Se2/c2*13-12-8-6-11(7-9-12)10-4-2-1-3-5-10;1-2/h2*1-9H;1-2H. The molecule has 0 fully saturated rings. The van der Waals surface area contributed by atoms with E-state index in [1.165, 1.54) is 22.3 Å². The predicted molar refractivity (Wildman–Crippen MR) is 133 cm³/mol. The molecule has 0 bridgehead atoms. The summed E-state index contributed by atoms with van der Waals surface area (Å²) in [6.45, 7) is 0. The van der Waals surface area contributed by atoms with Crippen LogP contribution >= 0.6 is 31.9 Å². The first-order valence-corrected chi connectivity index (χ1v) is 15.3. The van der Waals surface area contributed by atoms with Gasteiger partial charge in [0, 0.05) is 8.95 Å². The Balaban J connectivity index is 0.000000184. The zero-order chi connectivity index (χ0) is 20.2. The Hall–Kier alpha value is -1.12. The van der Waals surface area contributed by atoms with E-state index >= 15 is 0 Å². The van der Waals surface area contributed by atoms with Gasteiger partial charge in [-0.15, -0.1) is 0 Å². The molecule has 0 aliphatic carbocycles. The first-order chi connectivity index (χ1) is 13.7. The van der Waals surface area contributed by atoms with Crippen molar-refractivity contribution in [1.29, 1.82) is 0 Å². The summed E-state index contributed by atoms with van der Waals surface area (Å²) in [5.74, 6) is 0. The third-order valence-electron chi connectivity index (χ3n) is 3.90. The van der Waals surface area contributed by atoms with Crippen molar-refractivity contribution in [3.05, 3.63) is 118 Å². The Labute approximate surface area is 199 Å². The molecule has 4 heteroatoms. The van der Waals surface area contributed by atoms with Crippen LogP contribution in [-0.2, 0) is 0 Å². The SMILES string of the molecule is Brc1ccc(-c2ccccc2)cc1.Brc1ccc(-c2ccccc2)cc1.[SeH][SeH]. The summed E-state index contributed by atoms with van der Waals surface area (Å²) in [7, 11) is 0. The minimum atomic E-state index is 1.12. The molecular weight excluding hydrogens is 606 g/mol. The first kappa shape index (κ1) is 23.2. The fraction of sp³-hybridized carbons (Fsp3) is 0. The molecule has 0 aliphatic heterocycles. The molecule has 28 heavy (non-hydrogen) atoms. The average Bonchev–Trinajstić information content (AvgIpc) is 2.78. The Kier molecular flexibility index (Phi) is 10.9. The summed E-state index contributed by atoms with van der Waals surface area (Å²) in [4.78, 5) is 0. The van der Waals surface area contributed by atoms with E-state index in [2.05, 4.69) is 157 Å². The molecule has 0 radical (unpaired) electrons. The number of hydrogen-bond donors (Lipinski definition) is 0. The van der Waals surface area contributed by atoms with Crippen molar-refractivity contribution in [3.8, 4) is 22.3 Å². The van der Waals surface area contributed by atoms with E-state index in [0.29, 0.717) is 0 Å². The molecule has 0 saturated carbocycles. The number of benzene rings is 4. The van der Waals surface area contributed by atoms with Gasteiger partial charge in [-0.25, -0.2) is 0 Å². The van der Waals surface area contributed by atoms with E-state index in [1.807, 2.05) is 12.1 Å². The van der Waals surface area contributed by atoms with Crippen molar-refractivity contribution in [2.75, 3.05) is 0 Å². The maximum atomic E-state index is 3.42. The molecule has 0 unspecified atom stereocenters. The van der Waals surface area contributed by atoms with E-state index in [4.69, 9.17) is 0 Å². The number of rotatable bonds is 2. The van der Waals surface area contributed by atoms with Crippen molar-refractivity contribution in [2.45, 2.75) is 0 Å². The number of halogens is 2. The van der Waals surface area contributed by atoms with Crippen LogP contribution in [0.2, 0.25) is 0 Å². The van der Waals surface area contributed by atoms with Crippen LogP contribution in [0.1, 0.15) is 0 Å². The molecule has 0 aliphatic rings. The topological polar surface area (TPSA) is 0 Å². The summed E-state index contributed by atoms with van der Waals surface area (Å²) < 4.78 is 2.24. The summed E-state index contributed by atoms with van der Waals surface area (Å²) >= 11 is 11.3. The summed E-state index contributed by atoms with van der Waals surface area (Å²) in [5, 5.41) is 0. The molecule has 0 spiro atoms. The Morgan fingerprint density at radius 2 is 0.607 bits per heavy atom. The van der Waals surface area contributed by atoms with Crippen molar-refractivity contribution in [3.63, 3.8) is 0 Å². The summed E-state index contributed by atoms with van der Waals surface area (Å²) in [5.41, 5.74) is 5.03.